The highest BCUT2D eigenvalue weighted by Crippen LogP contribution is 2.23. The molecule has 2 aromatic carbocycles. The Hall–Kier alpha value is -2.33. The predicted octanol–water partition coefficient (Wildman–Crippen LogP) is 3.43. The maximum Gasteiger partial charge on any atom is 0.254 e. The molecule has 2 N–H and O–H groups in total. The fourth-order valence-corrected chi connectivity index (χ4v) is 2.97. The van der Waals surface area contributed by atoms with Gasteiger partial charge in [0.05, 0.1) is 0 Å². The average molecular weight is 310 g/mol. The second-order valence-electron chi connectivity index (χ2n) is 5.82. The Morgan fingerprint density at radius 2 is 1.74 bits per heavy atom. The number of hydrogen-bond donors (Lipinski definition) is 1. The molecule has 2 aromatic rings. The molecule has 3 rings (SSSR count). The maximum absolute atomic E-state index is 12.7. The molecule has 1 fully saturated rings. The van der Waals surface area contributed by atoms with Gasteiger partial charge >= 0.3 is 0 Å². The van der Waals surface area contributed by atoms with E-state index >= 15 is 0 Å². The molecule has 0 spiro atoms. The predicted molar refractivity (Wildman–Crippen MR) is 90.7 cm³/mol. The third-order valence-corrected chi connectivity index (χ3v) is 4.24. The van der Waals surface area contributed by atoms with Gasteiger partial charge in [-0.05, 0) is 55.7 Å². The number of nitrogens with zero attached hydrogens (tertiary/aromatic N) is 1. The lowest BCUT2D eigenvalue weighted by molar-refractivity contribution is 0.0623. The fraction of sp³-hybridized carbons (Fsp3) is 0.316. The normalized spacial score (nSPS) is 17.8. The van der Waals surface area contributed by atoms with Crippen LogP contribution in [0.15, 0.2) is 54.6 Å². The van der Waals surface area contributed by atoms with Crippen molar-refractivity contribution in [2.24, 2.45) is 5.73 Å². The summed E-state index contributed by atoms with van der Waals surface area (Å²) in [6.07, 6.45) is 3.20. The number of carbonyl (C=O) groups is 1. The third-order valence-electron chi connectivity index (χ3n) is 4.24. The van der Waals surface area contributed by atoms with Crippen molar-refractivity contribution in [1.82, 2.24) is 4.90 Å². The minimum Gasteiger partial charge on any atom is -0.457 e. The Morgan fingerprint density at radius 3 is 2.43 bits per heavy atom. The van der Waals surface area contributed by atoms with E-state index in [9.17, 15) is 4.79 Å². The van der Waals surface area contributed by atoms with Crippen LogP contribution in [0.5, 0.6) is 11.5 Å². The summed E-state index contributed by atoms with van der Waals surface area (Å²) in [6.45, 7) is 1.32. The van der Waals surface area contributed by atoms with Gasteiger partial charge in [-0.3, -0.25) is 4.79 Å². The Balaban J connectivity index is 1.70. The highest BCUT2D eigenvalue weighted by atomic mass is 16.5. The van der Waals surface area contributed by atoms with Crippen molar-refractivity contribution in [3.63, 3.8) is 0 Å². The van der Waals surface area contributed by atoms with Gasteiger partial charge in [0, 0.05) is 24.7 Å². The number of amides is 1. The lowest BCUT2D eigenvalue weighted by atomic mass is 10.0. The van der Waals surface area contributed by atoms with E-state index in [0.29, 0.717) is 12.1 Å². The van der Waals surface area contributed by atoms with Gasteiger partial charge in [-0.2, -0.15) is 0 Å². The van der Waals surface area contributed by atoms with Gasteiger partial charge < -0.3 is 15.4 Å². The van der Waals surface area contributed by atoms with E-state index in [1.54, 1.807) is 0 Å². The first-order valence-corrected chi connectivity index (χ1v) is 8.12. The molecule has 1 saturated heterocycles. The molecule has 4 heteroatoms. The molecule has 4 nitrogen and oxygen atoms in total. The lowest BCUT2D eigenvalue weighted by Crippen LogP contribution is -2.47. The van der Waals surface area contributed by atoms with Gasteiger partial charge in [0.1, 0.15) is 11.5 Å². The maximum atomic E-state index is 12.7. The van der Waals surface area contributed by atoms with Crippen molar-refractivity contribution in [3.8, 4) is 11.5 Å². The molecule has 120 valence electrons. The second-order valence-corrected chi connectivity index (χ2v) is 5.82. The zero-order chi connectivity index (χ0) is 16.1. The molecule has 1 heterocycles. The Labute approximate surface area is 136 Å². The summed E-state index contributed by atoms with van der Waals surface area (Å²) in [6, 6.07) is 17.1. The second kappa shape index (κ2) is 7.29. The summed E-state index contributed by atoms with van der Waals surface area (Å²) in [5.41, 5.74) is 6.49. The number of rotatable bonds is 4. The topological polar surface area (TPSA) is 55.6 Å². The number of ether oxygens (including phenoxy) is 1. The highest BCUT2D eigenvalue weighted by molar-refractivity contribution is 5.94. The number of carbonyl (C=O) groups excluding carboxylic acids is 1. The van der Waals surface area contributed by atoms with Crippen LogP contribution >= 0.6 is 0 Å². The van der Waals surface area contributed by atoms with Crippen LogP contribution in [0.4, 0.5) is 0 Å². The average Bonchev–Trinajstić information content (AvgIpc) is 2.62. The first-order chi connectivity index (χ1) is 11.3. The molecule has 0 radical (unpaired) electrons. The number of hydrogen-bond acceptors (Lipinski definition) is 3. The molecule has 0 saturated carbocycles. The molecule has 1 aliphatic rings. The first-order valence-electron chi connectivity index (χ1n) is 8.12. The molecule has 0 aromatic heterocycles. The molecule has 1 amide bonds. The van der Waals surface area contributed by atoms with E-state index < -0.39 is 0 Å². The van der Waals surface area contributed by atoms with Gasteiger partial charge in [0.15, 0.2) is 0 Å². The molecular formula is C19H22N2O2. The molecule has 0 aliphatic carbocycles. The summed E-state index contributed by atoms with van der Waals surface area (Å²) < 4.78 is 5.76. The number of nitrogens with two attached hydrogens (primary N) is 1. The van der Waals surface area contributed by atoms with E-state index in [1.807, 2.05) is 59.5 Å². The molecule has 1 atom stereocenters. The largest absolute Gasteiger partial charge is 0.457 e. The van der Waals surface area contributed by atoms with Gasteiger partial charge in [0.25, 0.3) is 5.91 Å². The first kappa shape index (κ1) is 15.6. The van der Waals surface area contributed by atoms with Gasteiger partial charge in [-0.1, -0.05) is 18.2 Å². The highest BCUT2D eigenvalue weighted by Gasteiger charge is 2.26. The van der Waals surface area contributed by atoms with Crippen LogP contribution in [0.25, 0.3) is 0 Å². The van der Waals surface area contributed by atoms with Gasteiger partial charge in [0.2, 0.25) is 0 Å². The van der Waals surface area contributed by atoms with Crippen molar-refractivity contribution >= 4 is 5.91 Å². The van der Waals surface area contributed by atoms with Crippen LogP contribution in [0, 0.1) is 0 Å². The zero-order valence-corrected chi connectivity index (χ0v) is 13.2. The summed E-state index contributed by atoms with van der Waals surface area (Å²) in [5.74, 6) is 1.57. The van der Waals surface area contributed by atoms with Crippen molar-refractivity contribution < 1.29 is 9.53 Å². The van der Waals surface area contributed by atoms with E-state index in [1.165, 1.54) is 0 Å². The fourth-order valence-electron chi connectivity index (χ4n) is 2.97. The Bertz CT molecular complexity index is 640. The quantitative estimate of drug-likeness (QED) is 0.941. The van der Waals surface area contributed by atoms with Crippen molar-refractivity contribution in [2.45, 2.75) is 25.3 Å². The van der Waals surface area contributed by atoms with Crippen LogP contribution in [0.2, 0.25) is 0 Å². The minimum atomic E-state index is 0.0615. The molecule has 23 heavy (non-hydrogen) atoms. The van der Waals surface area contributed by atoms with Crippen molar-refractivity contribution in [3.05, 3.63) is 60.2 Å². The number of benzene rings is 2. The monoisotopic (exact) mass is 310 g/mol. The van der Waals surface area contributed by atoms with Gasteiger partial charge in [-0.15, -0.1) is 0 Å². The number of piperidine rings is 1. The third kappa shape index (κ3) is 3.71. The standard InChI is InChI=1S/C19H22N2O2/c20-14-16-6-4-5-13-21(16)19(22)15-9-11-18(12-10-15)23-17-7-2-1-3-8-17/h1-3,7-12,16H,4-6,13-14,20H2. The van der Waals surface area contributed by atoms with Crippen molar-refractivity contribution in [2.75, 3.05) is 13.1 Å². The van der Waals surface area contributed by atoms with Crippen LogP contribution in [-0.4, -0.2) is 29.9 Å². The molecular weight excluding hydrogens is 288 g/mol. The van der Waals surface area contributed by atoms with E-state index in [2.05, 4.69) is 0 Å². The molecule has 0 bridgehead atoms. The number of para-hydroxylation sites is 1. The lowest BCUT2D eigenvalue weighted by Gasteiger charge is -2.35. The summed E-state index contributed by atoms with van der Waals surface area (Å²) in [5, 5.41) is 0. The van der Waals surface area contributed by atoms with Crippen LogP contribution < -0.4 is 10.5 Å². The number of likely N-dealkylation sites (tertiary alicyclic amines) is 1. The van der Waals surface area contributed by atoms with Crippen LogP contribution in [0.3, 0.4) is 0 Å². The van der Waals surface area contributed by atoms with E-state index in [0.717, 1.165) is 37.3 Å². The molecule has 1 unspecified atom stereocenters. The summed E-state index contributed by atoms with van der Waals surface area (Å²) >= 11 is 0. The minimum absolute atomic E-state index is 0.0615. The smallest absolute Gasteiger partial charge is 0.254 e. The summed E-state index contributed by atoms with van der Waals surface area (Å²) in [7, 11) is 0. The SMILES string of the molecule is NCC1CCCCN1C(=O)c1ccc(Oc2ccccc2)cc1. The Kier molecular flexibility index (Phi) is 4.93. The zero-order valence-electron chi connectivity index (χ0n) is 13.2. The van der Waals surface area contributed by atoms with Crippen LogP contribution in [-0.2, 0) is 0 Å². The summed E-state index contributed by atoms with van der Waals surface area (Å²) in [4.78, 5) is 14.6. The van der Waals surface area contributed by atoms with Crippen LogP contribution in [0.1, 0.15) is 29.6 Å². The van der Waals surface area contributed by atoms with E-state index in [-0.39, 0.29) is 11.9 Å². The van der Waals surface area contributed by atoms with Crippen molar-refractivity contribution in [1.29, 1.82) is 0 Å². The Morgan fingerprint density at radius 1 is 1.04 bits per heavy atom. The van der Waals surface area contributed by atoms with E-state index in [4.69, 9.17) is 10.5 Å². The molecule has 1 aliphatic heterocycles. The van der Waals surface area contributed by atoms with Gasteiger partial charge in [-0.25, -0.2) is 0 Å².